The van der Waals surface area contributed by atoms with Crippen LogP contribution in [0.2, 0.25) is 0 Å². The van der Waals surface area contributed by atoms with Crippen LogP contribution in [0.25, 0.3) is 0 Å². The van der Waals surface area contributed by atoms with Crippen LogP contribution in [0, 0.1) is 11.8 Å². The van der Waals surface area contributed by atoms with Gasteiger partial charge in [-0.05, 0) is 37.6 Å². The summed E-state index contributed by atoms with van der Waals surface area (Å²) in [5.74, 6) is 1.76. The fourth-order valence-corrected chi connectivity index (χ4v) is 1.71. The summed E-state index contributed by atoms with van der Waals surface area (Å²) in [4.78, 5) is 0. The lowest BCUT2D eigenvalue weighted by molar-refractivity contribution is 0.393. The summed E-state index contributed by atoms with van der Waals surface area (Å²) in [6.45, 7) is 9.54. The molecule has 0 aromatic carbocycles. The summed E-state index contributed by atoms with van der Waals surface area (Å²) < 4.78 is 0. The van der Waals surface area contributed by atoms with Crippen LogP contribution >= 0.6 is 0 Å². The van der Waals surface area contributed by atoms with Gasteiger partial charge in [0.05, 0.1) is 0 Å². The highest BCUT2D eigenvalue weighted by molar-refractivity contribution is 4.95. The molecule has 1 N–H and O–H groups in total. The van der Waals surface area contributed by atoms with Crippen molar-refractivity contribution in [1.29, 1.82) is 0 Å². The summed E-state index contributed by atoms with van der Waals surface area (Å²) in [6, 6.07) is 0.539. The normalized spacial score (nSPS) is 21.8. The second kappa shape index (κ2) is 4.66. The summed E-state index contributed by atoms with van der Waals surface area (Å²) in [5, 5.41) is 3.52. The van der Waals surface area contributed by atoms with Gasteiger partial charge in [0, 0.05) is 6.04 Å². The lowest BCUT2D eigenvalue weighted by Crippen LogP contribution is -2.34. The van der Waals surface area contributed by atoms with E-state index in [1.807, 2.05) is 0 Å². The maximum absolute atomic E-state index is 3.88. The van der Waals surface area contributed by atoms with E-state index in [1.54, 1.807) is 0 Å². The van der Waals surface area contributed by atoms with Crippen LogP contribution in [0.4, 0.5) is 0 Å². The van der Waals surface area contributed by atoms with Crippen molar-refractivity contribution >= 4 is 0 Å². The second-order valence-corrected chi connectivity index (χ2v) is 3.91. The molecule has 1 nitrogen and oxygen atoms in total. The maximum atomic E-state index is 3.88. The van der Waals surface area contributed by atoms with E-state index in [1.165, 1.54) is 19.3 Å². The van der Waals surface area contributed by atoms with E-state index in [0.29, 0.717) is 6.04 Å². The minimum absolute atomic E-state index is 0.539. The Hall–Kier alpha value is -0.300. The first-order valence-corrected chi connectivity index (χ1v) is 5.15. The Morgan fingerprint density at radius 3 is 2.67 bits per heavy atom. The Kier molecular flexibility index (Phi) is 3.80. The van der Waals surface area contributed by atoms with E-state index in [0.717, 1.165) is 18.4 Å². The molecule has 1 rings (SSSR count). The molecule has 1 heteroatoms. The van der Waals surface area contributed by atoms with Crippen LogP contribution in [0.1, 0.15) is 33.1 Å². The van der Waals surface area contributed by atoms with Gasteiger partial charge in [-0.15, -0.1) is 6.58 Å². The first-order valence-electron chi connectivity index (χ1n) is 5.15. The van der Waals surface area contributed by atoms with Crippen LogP contribution < -0.4 is 5.32 Å². The predicted octanol–water partition coefficient (Wildman–Crippen LogP) is 2.59. The largest absolute Gasteiger partial charge is 0.310 e. The van der Waals surface area contributed by atoms with Crippen molar-refractivity contribution in [2.24, 2.45) is 11.8 Å². The van der Waals surface area contributed by atoms with Gasteiger partial charge in [0.1, 0.15) is 0 Å². The lowest BCUT2D eigenvalue weighted by atomic mass is 9.97. The Labute approximate surface area is 76.2 Å². The molecule has 0 bridgehead atoms. The lowest BCUT2D eigenvalue weighted by Gasteiger charge is -2.21. The topological polar surface area (TPSA) is 12.0 Å². The molecule has 1 saturated carbocycles. The quantitative estimate of drug-likeness (QED) is 0.600. The highest BCUT2D eigenvalue weighted by Gasteiger charge is 2.31. The first-order chi connectivity index (χ1) is 5.79. The van der Waals surface area contributed by atoms with Crippen molar-refractivity contribution in [1.82, 2.24) is 5.32 Å². The zero-order valence-corrected chi connectivity index (χ0v) is 8.34. The molecule has 70 valence electrons. The van der Waals surface area contributed by atoms with Crippen LogP contribution in [0.3, 0.4) is 0 Å². The minimum Gasteiger partial charge on any atom is -0.310 e. The van der Waals surface area contributed by atoms with Gasteiger partial charge in [-0.3, -0.25) is 0 Å². The Bertz CT molecular complexity index is 138. The van der Waals surface area contributed by atoms with Crippen molar-refractivity contribution in [2.45, 2.75) is 39.2 Å². The third-order valence-corrected chi connectivity index (χ3v) is 2.82. The molecule has 12 heavy (non-hydrogen) atoms. The monoisotopic (exact) mass is 167 g/mol. The van der Waals surface area contributed by atoms with Gasteiger partial charge < -0.3 is 5.32 Å². The molecule has 0 heterocycles. The van der Waals surface area contributed by atoms with E-state index >= 15 is 0 Å². The van der Waals surface area contributed by atoms with Crippen molar-refractivity contribution < 1.29 is 0 Å². The van der Waals surface area contributed by atoms with E-state index in [4.69, 9.17) is 0 Å². The van der Waals surface area contributed by atoms with Crippen LogP contribution in [0.15, 0.2) is 12.7 Å². The molecule has 0 amide bonds. The minimum atomic E-state index is 0.539. The number of rotatable bonds is 6. The molecule has 0 aromatic rings. The van der Waals surface area contributed by atoms with Gasteiger partial charge in [0.25, 0.3) is 0 Å². The SMILES string of the molecule is C=CC(NCCC)C(C)C1CC1. The Balaban J connectivity index is 2.26. The number of hydrogen-bond acceptors (Lipinski definition) is 1. The van der Waals surface area contributed by atoms with Crippen molar-refractivity contribution in [3.05, 3.63) is 12.7 Å². The molecule has 2 unspecified atom stereocenters. The zero-order valence-electron chi connectivity index (χ0n) is 8.34. The fourth-order valence-electron chi connectivity index (χ4n) is 1.71. The molecule has 0 radical (unpaired) electrons. The third kappa shape index (κ3) is 2.63. The smallest absolute Gasteiger partial charge is 0.0275 e. The molecule has 1 fully saturated rings. The van der Waals surface area contributed by atoms with E-state index in [9.17, 15) is 0 Å². The average Bonchev–Trinajstić information content (AvgIpc) is 2.88. The van der Waals surface area contributed by atoms with E-state index in [2.05, 4.69) is 31.8 Å². The highest BCUT2D eigenvalue weighted by atomic mass is 14.9. The predicted molar refractivity (Wildman–Crippen MR) is 54.2 cm³/mol. The van der Waals surface area contributed by atoms with Crippen LogP contribution in [0.5, 0.6) is 0 Å². The molecular weight excluding hydrogens is 146 g/mol. The number of nitrogens with one attached hydrogen (secondary N) is 1. The molecule has 0 saturated heterocycles. The number of hydrogen-bond donors (Lipinski definition) is 1. The van der Waals surface area contributed by atoms with Crippen LogP contribution in [-0.4, -0.2) is 12.6 Å². The van der Waals surface area contributed by atoms with Gasteiger partial charge in [-0.1, -0.05) is 19.9 Å². The van der Waals surface area contributed by atoms with Crippen molar-refractivity contribution in [2.75, 3.05) is 6.54 Å². The van der Waals surface area contributed by atoms with E-state index in [-0.39, 0.29) is 0 Å². The van der Waals surface area contributed by atoms with Crippen molar-refractivity contribution in [3.63, 3.8) is 0 Å². The standard InChI is InChI=1S/C11H21N/c1-4-8-12-11(5-2)9(3)10-6-7-10/h5,9-12H,2,4,6-8H2,1,3H3. The first kappa shape index (κ1) is 9.79. The zero-order chi connectivity index (χ0) is 8.97. The van der Waals surface area contributed by atoms with Gasteiger partial charge in [0.2, 0.25) is 0 Å². The summed E-state index contributed by atoms with van der Waals surface area (Å²) in [5.41, 5.74) is 0. The van der Waals surface area contributed by atoms with Gasteiger partial charge in [0.15, 0.2) is 0 Å². The summed E-state index contributed by atoms with van der Waals surface area (Å²) >= 11 is 0. The summed E-state index contributed by atoms with van der Waals surface area (Å²) in [7, 11) is 0. The molecular formula is C11H21N. The molecule has 0 aromatic heterocycles. The molecule has 1 aliphatic rings. The van der Waals surface area contributed by atoms with Gasteiger partial charge >= 0.3 is 0 Å². The second-order valence-electron chi connectivity index (χ2n) is 3.91. The van der Waals surface area contributed by atoms with Gasteiger partial charge in [-0.25, -0.2) is 0 Å². The maximum Gasteiger partial charge on any atom is 0.0275 e. The molecule has 0 aliphatic heterocycles. The fraction of sp³-hybridized carbons (Fsp3) is 0.818. The van der Waals surface area contributed by atoms with Crippen molar-refractivity contribution in [3.8, 4) is 0 Å². The average molecular weight is 167 g/mol. The van der Waals surface area contributed by atoms with Gasteiger partial charge in [-0.2, -0.15) is 0 Å². The van der Waals surface area contributed by atoms with Crippen LogP contribution in [-0.2, 0) is 0 Å². The Morgan fingerprint density at radius 2 is 2.25 bits per heavy atom. The Morgan fingerprint density at radius 1 is 1.58 bits per heavy atom. The third-order valence-electron chi connectivity index (χ3n) is 2.82. The molecule has 2 atom stereocenters. The van der Waals surface area contributed by atoms with E-state index < -0.39 is 0 Å². The summed E-state index contributed by atoms with van der Waals surface area (Å²) in [6.07, 6.45) is 6.14. The molecule has 0 spiro atoms. The molecule has 1 aliphatic carbocycles. The highest BCUT2D eigenvalue weighted by Crippen LogP contribution is 2.38.